The zero-order valence-electron chi connectivity index (χ0n) is 11.8. The largest absolute Gasteiger partial charge is 0.352 e. The van der Waals surface area contributed by atoms with Crippen LogP contribution in [-0.2, 0) is 4.79 Å². The molecule has 2 rings (SSSR count). The van der Waals surface area contributed by atoms with Crippen molar-refractivity contribution in [1.29, 1.82) is 0 Å². The van der Waals surface area contributed by atoms with Gasteiger partial charge in [0.05, 0.1) is 10.9 Å². The molecule has 0 aliphatic rings. The predicted molar refractivity (Wildman–Crippen MR) is 90.8 cm³/mol. The number of nitrogens with zero attached hydrogens (tertiary/aromatic N) is 2. The summed E-state index contributed by atoms with van der Waals surface area (Å²) in [6.07, 6.45) is 1.63. The highest BCUT2D eigenvalue weighted by atomic mass is 32.2. The van der Waals surface area contributed by atoms with Gasteiger partial charge >= 0.3 is 0 Å². The van der Waals surface area contributed by atoms with E-state index in [1.54, 1.807) is 29.8 Å². The Hall–Kier alpha value is -1.51. The summed E-state index contributed by atoms with van der Waals surface area (Å²) >= 11 is 7.93. The maximum Gasteiger partial charge on any atom is 0.233 e. The molecule has 0 aliphatic carbocycles. The third kappa shape index (κ3) is 4.25. The Bertz CT molecular complexity index is 724. The number of halogens is 1. The Balaban J connectivity index is 2.13. The van der Waals surface area contributed by atoms with Crippen LogP contribution in [0.5, 0.6) is 0 Å². The van der Waals surface area contributed by atoms with Crippen molar-refractivity contribution >= 4 is 41.2 Å². The van der Waals surface area contributed by atoms with Gasteiger partial charge in [-0.1, -0.05) is 29.2 Å². The van der Waals surface area contributed by atoms with E-state index in [1.165, 1.54) is 35.2 Å². The van der Waals surface area contributed by atoms with Crippen LogP contribution in [0.1, 0.15) is 6.92 Å². The number of thioether (sulfide) groups is 1. The molecule has 0 spiro atoms. The first-order valence-corrected chi connectivity index (χ1v) is 8.53. The summed E-state index contributed by atoms with van der Waals surface area (Å²) in [5.41, 5.74) is 0.693. The number of carbonyl (C=O) groups excluding carboxylic acids is 1. The minimum absolute atomic E-state index is 0.0839. The Labute approximate surface area is 141 Å². The van der Waals surface area contributed by atoms with E-state index in [4.69, 9.17) is 12.2 Å². The highest BCUT2D eigenvalue weighted by molar-refractivity contribution is 8.02. The van der Waals surface area contributed by atoms with Crippen LogP contribution >= 0.6 is 35.3 Å². The summed E-state index contributed by atoms with van der Waals surface area (Å²) in [5, 5.41) is 6.83. The van der Waals surface area contributed by atoms with Crippen LogP contribution in [0.2, 0.25) is 0 Å². The van der Waals surface area contributed by atoms with Gasteiger partial charge in [0.15, 0.2) is 8.29 Å². The SMILES string of the molecule is C=CCNC(=O)[C@@H](C)Sc1nn(-c2ccc(F)cc2)c(=S)s1. The number of hydrogen-bond acceptors (Lipinski definition) is 5. The summed E-state index contributed by atoms with van der Waals surface area (Å²) in [5.74, 6) is -0.396. The van der Waals surface area contributed by atoms with Crippen molar-refractivity contribution in [3.05, 3.63) is 46.7 Å². The fourth-order valence-electron chi connectivity index (χ4n) is 1.58. The number of benzene rings is 1. The molecule has 1 aromatic heterocycles. The minimum Gasteiger partial charge on any atom is -0.352 e. The first-order chi connectivity index (χ1) is 10.5. The topological polar surface area (TPSA) is 46.9 Å². The van der Waals surface area contributed by atoms with Crippen LogP contribution in [0, 0.1) is 9.77 Å². The van der Waals surface area contributed by atoms with Gasteiger partial charge in [-0.05, 0) is 43.4 Å². The predicted octanol–water partition coefficient (Wildman–Crippen LogP) is 3.59. The van der Waals surface area contributed by atoms with Crippen molar-refractivity contribution in [1.82, 2.24) is 15.1 Å². The highest BCUT2D eigenvalue weighted by Gasteiger charge is 2.16. The van der Waals surface area contributed by atoms with E-state index in [-0.39, 0.29) is 17.0 Å². The summed E-state index contributed by atoms with van der Waals surface area (Å²) in [4.78, 5) is 11.8. The lowest BCUT2D eigenvalue weighted by molar-refractivity contribution is -0.120. The smallest absolute Gasteiger partial charge is 0.233 e. The van der Waals surface area contributed by atoms with Gasteiger partial charge in [0, 0.05) is 6.54 Å². The highest BCUT2D eigenvalue weighted by Crippen LogP contribution is 2.27. The number of rotatable bonds is 6. The van der Waals surface area contributed by atoms with Crippen LogP contribution in [0.25, 0.3) is 5.69 Å². The molecule has 8 heteroatoms. The normalized spacial score (nSPS) is 11.9. The Kier molecular flexibility index (Phi) is 5.87. The van der Waals surface area contributed by atoms with E-state index < -0.39 is 0 Å². The molecule has 0 aliphatic heterocycles. The van der Waals surface area contributed by atoms with Gasteiger partial charge in [-0.3, -0.25) is 4.79 Å². The maximum atomic E-state index is 13.0. The summed E-state index contributed by atoms with van der Waals surface area (Å²) < 4.78 is 15.8. The van der Waals surface area contributed by atoms with Crippen molar-refractivity contribution in [3.63, 3.8) is 0 Å². The summed E-state index contributed by atoms with van der Waals surface area (Å²) in [7, 11) is 0. The van der Waals surface area contributed by atoms with Crippen molar-refractivity contribution in [3.8, 4) is 5.69 Å². The molecule has 1 amide bonds. The van der Waals surface area contributed by atoms with Crippen LogP contribution in [0.15, 0.2) is 41.3 Å². The monoisotopic (exact) mass is 355 g/mol. The Morgan fingerprint density at radius 2 is 2.27 bits per heavy atom. The Morgan fingerprint density at radius 1 is 1.59 bits per heavy atom. The molecule has 0 bridgehead atoms. The van der Waals surface area contributed by atoms with Crippen molar-refractivity contribution in [2.75, 3.05) is 6.54 Å². The molecule has 0 saturated heterocycles. The average molecular weight is 355 g/mol. The zero-order valence-corrected chi connectivity index (χ0v) is 14.2. The lowest BCUT2D eigenvalue weighted by atomic mass is 10.3. The van der Waals surface area contributed by atoms with Gasteiger partial charge in [-0.15, -0.1) is 11.7 Å². The van der Waals surface area contributed by atoms with Crippen LogP contribution in [0.3, 0.4) is 0 Å². The number of carbonyl (C=O) groups is 1. The van der Waals surface area contributed by atoms with Gasteiger partial charge in [0.2, 0.25) is 5.91 Å². The molecule has 0 fully saturated rings. The van der Waals surface area contributed by atoms with E-state index in [9.17, 15) is 9.18 Å². The maximum absolute atomic E-state index is 13.0. The van der Waals surface area contributed by atoms with E-state index in [2.05, 4.69) is 17.0 Å². The van der Waals surface area contributed by atoms with E-state index in [1.807, 2.05) is 0 Å². The quantitative estimate of drug-likeness (QED) is 0.489. The molecular weight excluding hydrogens is 341 g/mol. The van der Waals surface area contributed by atoms with E-state index in [0.29, 0.717) is 20.5 Å². The van der Waals surface area contributed by atoms with Crippen molar-refractivity contribution < 1.29 is 9.18 Å². The van der Waals surface area contributed by atoms with Crippen LogP contribution < -0.4 is 5.32 Å². The first-order valence-electron chi connectivity index (χ1n) is 6.42. The summed E-state index contributed by atoms with van der Waals surface area (Å²) in [6.45, 7) is 5.79. The fraction of sp³-hybridized carbons (Fsp3) is 0.214. The molecule has 1 heterocycles. The number of amides is 1. The lowest BCUT2D eigenvalue weighted by Crippen LogP contribution is -2.30. The lowest BCUT2D eigenvalue weighted by Gasteiger charge is -2.08. The van der Waals surface area contributed by atoms with E-state index in [0.717, 1.165) is 0 Å². The van der Waals surface area contributed by atoms with Crippen molar-refractivity contribution in [2.24, 2.45) is 0 Å². The van der Waals surface area contributed by atoms with Gasteiger partial charge in [0.1, 0.15) is 5.82 Å². The number of aromatic nitrogens is 2. The van der Waals surface area contributed by atoms with Crippen LogP contribution in [-0.4, -0.2) is 27.5 Å². The average Bonchev–Trinajstić information content (AvgIpc) is 2.86. The van der Waals surface area contributed by atoms with Crippen molar-refractivity contribution in [2.45, 2.75) is 16.5 Å². The second kappa shape index (κ2) is 7.66. The molecule has 22 heavy (non-hydrogen) atoms. The summed E-state index contributed by atoms with van der Waals surface area (Å²) in [6, 6.07) is 5.93. The van der Waals surface area contributed by atoms with Gasteiger partial charge in [-0.2, -0.15) is 0 Å². The zero-order chi connectivity index (χ0) is 16.1. The fourth-order valence-corrected chi connectivity index (χ4v) is 4.10. The van der Waals surface area contributed by atoms with Crippen LogP contribution in [0.4, 0.5) is 4.39 Å². The standard InChI is InChI=1S/C14H14FN3OS3/c1-3-8-16-12(19)9(2)21-13-17-18(14(20)22-13)11-6-4-10(15)5-7-11/h3-7,9H,1,8H2,2H3,(H,16,19)/t9-/m1/s1. The molecule has 0 saturated carbocycles. The first kappa shape index (κ1) is 16.9. The molecule has 116 valence electrons. The minimum atomic E-state index is -0.312. The Morgan fingerprint density at radius 3 is 2.91 bits per heavy atom. The second-order valence-corrected chi connectivity index (χ2v) is 7.53. The van der Waals surface area contributed by atoms with Gasteiger partial charge < -0.3 is 5.32 Å². The molecule has 0 unspecified atom stereocenters. The molecule has 2 aromatic rings. The second-order valence-electron chi connectivity index (χ2n) is 4.32. The number of nitrogens with one attached hydrogen (secondary N) is 1. The third-order valence-electron chi connectivity index (χ3n) is 2.67. The molecule has 0 radical (unpaired) electrons. The van der Waals surface area contributed by atoms with Gasteiger partial charge in [-0.25, -0.2) is 9.07 Å². The van der Waals surface area contributed by atoms with Gasteiger partial charge in [0.25, 0.3) is 0 Å². The molecule has 1 N–H and O–H groups in total. The third-order valence-corrected chi connectivity index (χ3v) is 5.08. The number of hydrogen-bond donors (Lipinski definition) is 1. The molecule has 1 atom stereocenters. The van der Waals surface area contributed by atoms with E-state index >= 15 is 0 Å². The molecule has 1 aromatic carbocycles. The molecule has 4 nitrogen and oxygen atoms in total. The molecular formula is C14H14FN3OS3.